The topological polar surface area (TPSA) is 29.5 Å². The number of ether oxygens (including phenoxy) is 1. The van der Waals surface area contributed by atoms with Gasteiger partial charge in [-0.1, -0.05) is 0 Å². The van der Waals surface area contributed by atoms with Crippen LogP contribution in [0.2, 0.25) is 0 Å². The third kappa shape index (κ3) is 3.25. The molecule has 0 aromatic carbocycles. The van der Waals surface area contributed by atoms with E-state index in [1.54, 1.807) is 17.8 Å². The first-order chi connectivity index (χ1) is 6.77. The van der Waals surface area contributed by atoms with Gasteiger partial charge in [0.25, 0.3) is 0 Å². The van der Waals surface area contributed by atoms with E-state index in [9.17, 15) is 4.79 Å². The van der Waals surface area contributed by atoms with Gasteiger partial charge in [0.05, 0.1) is 7.11 Å². The summed E-state index contributed by atoms with van der Waals surface area (Å²) in [4.78, 5) is 13.4. The molecule has 0 unspecified atom stereocenters. The number of likely N-dealkylation sites (tertiary alicyclic amines) is 1. The van der Waals surface area contributed by atoms with Crippen molar-refractivity contribution in [1.82, 2.24) is 4.90 Å². The van der Waals surface area contributed by atoms with Crippen molar-refractivity contribution >= 4 is 17.7 Å². The number of methoxy groups -OCH3 is 1. The highest BCUT2D eigenvalue weighted by molar-refractivity contribution is 7.98. The Balaban J connectivity index is 2.61. The lowest BCUT2D eigenvalue weighted by Gasteiger charge is -2.20. The Bertz CT molecular complexity index is 222. The molecule has 80 valence electrons. The fraction of sp³-hybridized carbons (Fsp3) is 0.700. The van der Waals surface area contributed by atoms with E-state index in [0.717, 1.165) is 24.5 Å². The van der Waals surface area contributed by atoms with E-state index in [2.05, 4.69) is 9.64 Å². The number of hydrogen-bond donors (Lipinski definition) is 0. The van der Waals surface area contributed by atoms with Crippen LogP contribution in [0.5, 0.6) is 0 Å². The van der Waals surface area contributed by atoms with Crippen LogP contribution in [0.1, 0.15) is 12.8 Å². The Labute approximate surface area is 89.5 Å². The molecule has 1 rings (SSSR count). The van der Waals surface area contributed by atoms with Crippen molar-refractivity contribution in [3.8, 4) is 0 Å². The molecular formula is C10H17NO2S. The Kier molecular flexibility index (Phi) is 4.87. The van der Waals surface area contributed by atoms with Crippen molar-refractivity contribution in [1.29, 1.82) is 0 Å². The van der Waals surface area contributed by atoms with Crippen LogP contribution >= 0.6 is 11.8 Å². The molecule has 0 aliphatic carbocycles. The van der Waals surface area contributed by atoms with Crippen LogP contribution in [0.25, 0.3) is 0 Å². The SMILES string of the molecule is COC(=O)/C=C(\CSC)N1CCCC1. The molecule has 0 N–H and O–H groups in total. The quantitative estimate of drug-likeness (QED) is 0.525. The summed E-state index contributed by atoms with van der Waals surface area (Å²) in [5.74, 6) is 0.635. The molecule has 0 amide bonds. The van der Waals surface area contributed by atoms with Gasteiger partial charge in [-0.15, -0.1) is 0 Å². The van der Waals surface area contributed by atoms with Gasteiger partial charge in [0, 0.05) is 30.6 Å². The van der Waals surface area contributed by atoms with E-state index in [1.165, 1.54) is 20.0 Å². The Morgan fingerprint density at radius 2 is 2.14 bits per heavy atom. The van der Waals surface area contributed by atoms with Gasteiger partial charge in [0.15, 0.2) is 0 Å². The molecule has 0 bridgehead atoms. The smallest absolute Gasteiger partial charge is 0.332 e. The van der Waals surface area contributed by atoms with E-state index in [0.29, 0.717) is 0 Å². The summed E-state index contributed by atoms with van der Waals surface area (Å²) in [6.45, 7) is 2.15. The van der Waals surface area contributed by atoms with E-state index in [4.69, 9.17) is 0 Å². The zero-order valence-electron chi connectivity index (χ0n) is 8.78. The average Bonchev–Trinajstić information content (AvgIpc) is 2.69. The minimum absolute atomic E-state index is 0.249. The van der Waals surface area contributed by atoms with Crippen molar-refractivity contribution in [2.24, 2.45) is 0 Å². The molecule has 3 nitrogen and oxygen atoms in total. The van der Waals surface area contributed by atoms with Crippen molar-refractivity contribution in [3.05, 3.63) is 11.8 Å². The van der Waals surface area contributed by atoms with E-state index >= 15 is 0 Å². The fourth-order valence-corrected chi connectivity index (χ4v) is 2.13. The van der Waals surface area contributed by atoms with Crippen LogP contribution in [0, 0.1) is 0 Å². The average molecular weight is 215 g/mol. The second kappa shape index (κ2) is 5.96. The third-order valence-electron chi connectivity index (χ3n) is 2.29. The van der Waals surface area contributed by atoms with Crippen molar-refractivity contribution in [3.63, 3.8) is 0 Å². The lowest BCUT2D eigenvalue weighted by molar-refractivity contribution is -0.134. The molecule has 1 aliphatic heterocycles. The van der Waals surface area contributed by atoms with Gasteiger partial charge in [-0.25, -0.2) is 4.79 Å². The molecule has 0 radical (unpaired) electrons. The van der Waals surface area contributed by atoms with Gasteiger partial charge < -0.3 is 9.64 Å². The van der Waals surface area contributed by atoms with Crippen molar-refractivity contribution in [2.45, 2.75) is 12.8 Å². The lowest BCUT2D eigenvalue weighted by atomic mass is 10.4. The summed E-state index contributed by atoms with van der Waals surface area (Å²) in [6.07, 6.45) is 6.11. The molecular weight excluding hydrogens is 198 g/mol. The summed E-state index contributed by atoms with van der Waals surface area (Å²) in [5.41, 5.74) is 1.10. The summed E-state index contributed by atoms with van der Waals surface area (Å²) in [6, 6.07) is 0. The van der Waals surface area contributed by atoms with Gasteiger partial charge in [0.2, 0.25) is 0 Å². The Hall–Kier alpha value is -0.640. The molecule has 1 saturated heterocycles. The first-order valence-corrected chi connectivity index (χ1v) is 6.19. The molecule has 4 heteroatoms. The normalized spacial score (nSPS) is 17.3. The number of thioether (sulfide) groups is 1. The Morgan fingerprint density at radius 1 is 1.50 bits per heavy atom. The molecule has 1 fully saturated rings. The summed E-state index contributed by atoms with van der Waals surface area (Å²) < 4.78 is 4.64. The predicted octanol–water partition coefficient (Wildman–Crippen LogP) is 1.50. The van der Waals surface area contributed by atoms with Crippen LogP contribution in [0.3, 0.4) is 0 Å². The monoisotopic (exact) mass is 215 g/mol. The highest BCUT2D eigenvalue weighted by Crippen LogP contribution is 2.17. The standard InChI is InChI=1S/C10H17NO2S/c1-13-10(12)7-9(8-14-2)11-5-3-4-6-11/h7H,3-6,8H2,1-2H3/b9-7+. The summed E-state index contributed by atoms with van der Waals surface area (Å²) in [5, 5.41) is 0. The molecule has 0 aromatic heterocycles. The first-order valence-electron chi connectivity index (χ1n) is 4.80. The van der Waals surface area contributed by atoms with Gasteiger partial charge in [-0.05, 0) is 19.1 Å². The molecule has 1 heterocycles. The van der Waals surface area contributed by atoms with Crippen LogP contribution in [-0.2, 0) is 9.53 Å². The van der Waals surface area contributed by atoms with Crippen LogP contribution in [0.15, 0.2) is 11.8 Å². The van der Waals surface area contributed by atoms with Crippen LogP contribution < -0.4 is 0 Å². The van der Waals surface area contributed by atoms with Gasteiger partial charge in [0.1, 0.15) is 0 Å². The summed E-state index contributed by atoms with van der Waals surface area (Å²) >= 11 is 1.73. The van der Waals surface area contributed by atoms with E-state index in [-0.39, 0.29) is 5.97 Å². The maximum atomic E-state index is 11.1. The maximum absolute atomic E-state index is 11.1. The largest absolute Gasteiger partial charge is 0.466 e. The minimum Gasteiger partial charge on any atom is -0.466 e. The molecule has 0 spiro atoms. The van der Waals surface area contributed by atoms with Crippen molar-refractivity contribution < 1.29 is 9.53 Å². The van der Waals surface area contributed by atoms with E-state index < -0.39 is 0 Å². The molecule has 0 atom stereocenters. The van der Waals surface area contributed by atoms with Gasteiger partial charge >= 0.3 is 5.97 Å². The van der Waals surface area contributed by atoms with E-state index in [1.807, 2.05) is 6.26 Å². The number of esters is 1. The summed E-state index contributed by atoms with van der Waals surface area (Å²) in [7, 11) is 1.42. The van der Waals surface area contributed by atoms with Crippen LogP contribution in [-0.4, -0.2) is 43.1 Å². The molecule has 0 aromatic rings. The fourth-order valence-electron chi connectivity index (χ4n) is 1.57. The van der Waals surface area contributed by atoms with Gasteiger partial charge in [-0.3, -0.25) is 0 Å². The number of carbonyl (C=O) groups excluding carboxylic acids is 1. The molecule has 0 saturated carbocycles. The lowest BCUT2D eigenvalue weighted by Crippen LogP contribution is -2.21. The number of hydrogen-bond acceptors (Lipinski definition) is 4. The number of rotatable bonds is 4. The number of carbonyl (C=O) groups is 1. The predicted molar refractivity (Wildman–Crippen MR) is 59.3 cm³/mol. The maximum Gasteiger partial charge on any atom is 0.332 e. The number of nitrogens with zero attached hydrogens (tertiary/aromatic N) is 1. The second-order valence-corrected chi connectivity index (χ2v) is 4.15. The first kappa shape index (κ1) is 11.4. The highest BCUT2D eigenvalue weighted by Gasteiger charge is 2.15. The zero-order chi connectivity index (χ0) is 10.4. The third-order valence-corrected chi connectivity index (χ3v) is 2.87. The Morgan fingerprint density at radius 3 is 2.64 bits per heavy atom. The van der Waals surface area contributed by atoms with Crippen molar-refractivity contribution in [2.75, 3.05) is 32.2 Å². The van der Waals surface area contributed by atoms with Crippen LogP contribution in [0.4, 0.5) is 0 Å². The highest BCUT2D eigenvalue weighted by atomic mass is 32.2. The zero-order valence-corrected chi connectivity index (χ0v) is 9.60. The molecule has 14 heavy (non-hydrogen) atoms. The van der Waals surface area contributed by atoms with Gasteiger partial charge in [-0.2, -0.15) is 11.8 Å². The minimum atomic E-state index is -0.249. The second-order valence-electron chi connectivity index (χ2n) is 3.29. The molecule has 1 aliphatic rings.